The number of hydrogen-bond donors (Lipinski definition) is 0. The minimum Gasteiger partial charge on any atom is -0.455 e. The Bertz CT molecular complexity index is 380. The van der Waals surface area contributed by atoms with Crippen molar-refractivity contribution in [3.63, 3.8) is 0 Å². The van der Waals surface area contributed by atoms with E-state index in [4.69, 9.17) is 4.74 Å². The van der Waals surface area contributed by atoms with E-state index >= 15 is 0 Å². The molecule has 0 bridgehead atoms. The van der Waals surface area contributed by atoms with Crippen molar-refractivity contribution in [1.82, 2.24) is 0 Å². The minimum absolute atomic E-state index is 0.185. The molecule has 0 saturated heterocycles. The molecule has 0 aromatic carbocycles. The van der Waals surface area contributed by atoms with E-state index in [0.717, 1.165) is 30.4 Å². The van der Waals surface area contributed by atoms with Crippen molar-refractivity contribution in [3.05, 3.63) is 22.8 Å². The summed E-state index contributed by atoms with van der Waals surface area (Å²) in [6.45, 7) is 16.4. The predicted octanol–water partition coefficient (Wildman–Crippen LogP) is 5.44. The lowest BCUT2D eigenvalue weighted by atomic mass is 9.83. The Kier molecular flexibility index (Phi) is 7.85. The van der Waals surface area contributed by atoms with Crippen LogP contribution in [0, 0.1) is 5.92 Å². The first-order valence-corrected chi connectivity index (χ1v) is 7.75. The second-order valence-corrected chi connectivity index (χ2v) is 6.35. The SMILES string of the molecule is CCCC(CC)(OC(=O)C(C=C(C)C)=C(C)C)C(C)C. The molecule has 0 aliphatic carbocycles. The number of hydrogen-bond acceptors (Lipinski definition) is 2. The van der Waals surface area contributed by atoms with Crippen LogP contribution in [-0.4, -0.2) is 11.6 Å². The first kappa shape index (κ1) is 18.9. The van der Waals surface area contributed by atoms with Crippen LogP contribution < -0.4 is 0 Å². The van der Waals surface area contributed by atoms with Gasteiger partial charge in [-0.2, -0.15) is 0 Å². The number of carbonyl (C=O) groups excluding carboxylic acids is 1. The molecule has 0 fully saturated rings. The van der Waals surface area contributed by atoms with E-state index in [2.05, 4.69) is 27.7 Å². The molecule has 0 radical (unpaired) electrons. The quantitative estimate of drug-likeness (QED) is 0.353. The number of ether oxygens (including phenoxy) is 1. The lowest BCUT2D eigenvalue weighted by Crippen LogP contribution is -2.40. The summed E-state index contributed by atoms with van der Waals surface area (Å²) < 4.78 is 5.97. The maximum absolute atomic E-state index is 12.5. The summed E-state index contributed by atoms with van der Waals surface area (Å²) in [7, 11) is 0. The van der Waals surface area contributed by atoms with Gasteiger partial charge in [-0.15, -0.1) is 0 Å². The van der Waals surface area contributed by atoms with Crippen LogP contribution in [0.5, 0.6) is 0 Å². The van der Waals surface area contributed by atoms with Gasteiger partial charge in [-0.1, -0.05) is 45.3 Å². The van der Waals surface area contributed by atoms with E-state index < -0.39 is 0 Å². The summed E-state index contributed by atoms with van der Waals surface area (Å²) in [5, 5.41) is 0. The third kappa shape index (κ3) is 5.15. The highest BCUT2D eigenvalue weighted by Crippen LogP contribution is 2.32. The maximum Gasteiger partial charge on any atom is 0.338 e. The first-order chi connectivity index (χ1) is 9.20. The molecule has 0 spiro atoms. The highest BCUT2D eigenvalue weighted by molar-refractivity contribution is 5.92. The summed E-state index contributed by atoms with van der Waals surface area (Å²) in [6, 6.07) is 0. The maximum atomic E-state index is 12.5. The van der Waals surface area contributed by atoms with Gasteiger partial charge in [0, 0.05) is 0 Å². The monoisotopic (exact) mass is 280 g/mol. The second kappa shape index (κ2) is 8.28. The lowest BCUT2D eigenvalue weighted by Gasteiger charge is -2.36. The molecule has 20 heavy (non-hydrogen) atoms. The van der Waals surface area contributed by atoms with E-state index in [1.54, 1.807) is 0 Å². The van der Waals surface area contributed by atoms with E-state index in [9.17, 15) is 4.79 Å². The molecule has 0 aliphatic rings. The summed E-state index contributed by atoms with van der Waals surface area (Å²) >= 11 is 0. The minimum atomic E-state index is -0.345. The van der Waals surface area contributed by atoms with Crippen molar-refractivity contribution in [3.8, 4) is 0 Å². The van der Waals surface area contributed by atoms with Gasteiger partial charge in [0.05, 0.1) is 5.57 Å². The Morgan fingerprint density at radius 2 is 1.70 bits per heavy atom. The first-order valence-electron chi connectivity index (χ1n) is 7.75. The summed E-state index contributed by atoms with van der Waals surface area (Å²) in [5.41, 5.74) is 2.46. The second-order valence-electron chi connectivity index (χ2n) is 6.35. The van der Waals surface area contributed by atoms with Crippen LogP contribution in [0.2, 0.25) is 0 Å². The molecule has 0 aromatic heterocycles. The molecule has 0 N–H and O–H groups in total. The van der Waals surface area contributed by atoms with Crippen molar-refractivity contribution >= 4 is 5.97 Å². The molecule has 0 heterocycles. The van der Waals surface area contributed by atoms with Gasteiger partial charge in [-0.3, -0.25) is 0 Å². The molecule has 2 heteroatoms. The van der Waals surface area contributed by atoms with Crippen molar-refractivity contribution in [2.45, 2.75) is 80.3 Å². The van der Waals surface area contributed by atoms with Crippen LogP contribution in [0.3, 0.4) is 0 Å². The van der Waals surface area contributed by atoms with Crippen molar-refractivity contribution < 1.29 is 9.53 Å². The Labute approximate surface area is 125 Å². The average molecular weight is 280 g/mol. The Hall–Kier alpha value is -1.05. The zero-order valence-electron chi connectivity index (χ0n) is 14.6. The molecular formula is C18H32O2. The summed E-state index contributed by atoms with van der Waals surface area (Å²) in [6.07, 6.45) is 4.71. The van der Waals surface area contributed by atoms with Crippen LogP contribution in [0.25, 0.3) is 0 Å². The highest BCUT2D eigenvalue weighted by Gasteiger charge is 2.35. The third-order valence-electron chi connectivity index (χ3n) is 3.81. The smallest absolute Gasteiger partial charge is 0.338 e. The molecule has 0 rings (SSSR count). The van der Waals surface area contributed by atoms with Crippen molar-refractivity contribution in [2.24, 2.45) is 5.92 Å². The van der Waals surface area contributed by atoms with E-state index in [-0.39, 0.29) is 11.6 Å². The van der Waals surface area contributed by atoms with Crippen LogP contribution in [0.4, 0.5) is 0 Å². The molecule has 116 valence electrons. The molecule has 1 atom stereocenters. The zero-order chi connectivity index (χ0) is 15.9. The zero-order valence-corrected chi connectivity index (χ0v) is 14.6. The van der Waals surface area contributed by atoms with Crippen LogP contribution >= 0.6 is 0 Å². The molecular weight excluding hydrogens is 248 g/mol. The van der Waals surface area contributed by atoms with Crippen molar-refractivity contribution in [2.75, 3.05) is 0 Å². The number of allylic oxidation sites excluding steroid dienone is 2. The van der Waals surface area contributed by atoms with E-state index in [0.29, 0.717) is 11.5 Å². The molecule has 0 amide bonds. The van der Waals surface area contributed by atoms with Crippen LogP contribution in [0.1, 0.15) is 74.7 Å². The predicted molar refractivity (Wildman–Crippen MR) is 86.7 cm³/mol. The van der Waals surface area contributed by atoms with Crippen LogP contribution in [-0.2, 0) is 9.53 Å². The molecule has 0 aliphatic heterocycles. The topological polar surface area (TPSA) is 26.3 Å². The normalized spacial score (nSPS) is 13.7. The van der Waals surface area contributed by atoms with Gasteiger partial charge in [0.25, 0.3) is 0 Å². The van der Waals surface area contributed by atoms with Gasteiger partial charge in [-0.05, 0) is 52.5 Å². The Balaban J connectivity index is 5.38. The molecule has 0 saturated carbocycles. The molecule has 0 aromatic rings. The number of rotatable bonds is 7. The van der Waals surface area contributed by atoms with Gasteiger partial charge in [-0.25, -0.2) is 4.79 Å². The highest BCUT2D eigenvalue weighted by atomic mass is 16.6. The van der Waals surface area contributed by atoms with Gasteiger partial charge >= 0.3 is 5.97 Å². The fourth-order valence-corrected chi connectivity index (χ4v) is 2.47. The van der Waals surface area contributed by atoms with Crippen LogP contribution in [0.15, 0.2) is 22.8 Å². The average Bonchev–Trinajstić information content (AvgIpc) is 2.34. The summed E-state index contributed by atoms with van der Waals surface area (Å²) in [4.78, 5) is 12.5. The number of carbonyl (C=O) groups is 1. The van der Waals surface area contributed by atoms with E-state index in [1.807, 2.05) is 33.8 Å². The number of esters is 1. The van der Waals surface area contributed by atoms with Crippen molar-refractivity contribution in [1.29, 1.82) is 0 Å². The van der Waals surface area contributed by atoms with Gasteiger partial charge in [0.15, 0.2) is 0 Å². The molecule has 1 unspecified atom stereocenters. The summed E-state index contributed by atoms with van der Waals surface area (Å²) in [5.74, 6) is 0.136. The van der Waals surface area contributed by atoms with Gasteiger partial charge in [0.1, 0.15) is 5.60 Å². The third-order valence-corrected chi connectivity index (χ3v) is 3.81. The van der Waals surface area contributed by atoms with E-state index in [1.165, 1.54) is 0 Å². The molecule has 2 nitrogen and oxygen atoms in total. The fourth-order valence-electron chi connectivity index (χ4n) is 2.47. The Morgan fingerprint density at radius 3 is 2.00 bits per heavy atom. The standard InChI is InChI=1S/C18H32O2/c1-9-11-18(10-2,15(7)8)20-17(19)16(14(5)6)12-13(3)4/h12,15H,9-11H2,1-8H3. The van der Waals surface area contributed by atoms with Gasteiger partial charge < -0.3 is 4.74 Å². The largest absolute Gasteiger partial charge is 0.455 e. The lowest BCUT2D eigenvalue weighted by molar-refractivity contribution is -0.161. The Morgan fingerprint density at radius 1 is 1.15 bits per heavy atom. The fraction of sp³-hybridized carbons (Fsp3) is 0.722. The van der Waals surface area contributed by atoms with Gasteiger partial charge in [0.2, 0.25) is 0 Å².